The van der Waals surface area contributed by atoms with Crippen molar-refractivity contribution in [3.05, 3.63) is 23.8 Å². The fourth-order valence-electron chi connectivity index (χ4n) is 2.31. The quantitative estimate of drug-likeness (QED) is 0.731. The Morgan fingerprint density at radius 1 is 1.35 bits per heavy atom. The Morgan fingerprint density at radius 3 is 2.82 bits per heavy atom. The van der Waals surface area contributed by atoms with Gasteiger partial charge in [0.05, 0.1) is 30.3 Å². The van der Waals surface area contributed by atoms with Crippen LogP contribution >= 0.6 is 0 Å². The number of nitrogens with zero attached hydrogens (tertiary/aromatic N) is 1. The van der Waals surface area contributed by atoms with E-state index < -0.39 is 5.79 Å². The van der Waals surface area contributed by atoms with Crippen LogP contribution in [0.1, 0.15) is 18.9 Å². The summed E-state index contributed by atoms with van der Waals surface area (Å²) < 4.78 is 11.6. The topological polar surface area (TPSA) is 63.1 Å². The largest absolute Gasteiger partial charge is 0.341 e. The molecule has 2 aliphatic rings. The molecule has 3 rings (SSSR count). The molecular formula is C12H14N2O3. The van der Waals surface area contributed by atoms with Crippen molar-refractivity contribution in [3.8, 4) is 0 Å². The molecule has 1 fully saturated rings. The molecule has 5 heteroatoms. The summed E-state index contributed by atoms with van der Waals surface area (Å²) in [5.74, 6) is -0.847. The third-order valence-electron chi connectivity index (χ3n) is 3.14. The second-order valence-electron chi connectivity index (χ2n) is 4.21. The van der Waals surface area contributed by atoms with Gasteiger partial charge in [-0.1, -0.05) is 0 Å². The van der Waals surface area contributed by atoms with Gasteiger partial charge in [-0.05, 0) is 31.5 Å². The summed E-state index contributed by atoms with van der Waals surface area (Å²) in [6, 6.07) is 5.41. The summed E-state index contributed by atoms with van der Waals surface area (Å²) in [5.41, 5.74) is 5.23. The lowest BCUT2D eigenvalue weighted by atomic mass is 10.0. The number of anilines is 1. The van der Waals surface area contributed by atoms with E-state index in [0.717, 1.165) is 23.4 Å². The van der Waals surface area contributed by atoms with Gasteiger partial charge in [0, 0.05) is 5.56 Å². The van der Waals surface area contributed by atoms with Gasteiger partial charge in [-0.2, -0.15) is 0 Å². The van der Waals surface area contributed by atoms with Gasteiger partial charge in [0.25, 0.3) is 0 Å². The molecule has 0 amide bonds. The Bertz CT molecular complexity index is 479. The van der Waals surface area contributed by atoms with Gasteiger partial charge in [-0.15, -0.1) is 0 Å². The molecule has 2 N–H and O–H groups in total. The Morgan fingerprint density at radius 2 is 2.12 bits per heavy atom. The highest BCUT2D eigenvalue weighted by Gasteiger charge is 2.45. The number of hydrogen-bond acceptors (Lipinski definition) is 5. The molecule has 0 atom stereocenters. The Hall–Kier alpha value is -1.43. The molecule has 0 saturated carbocycles. The van der Waals surface area contributed by atoms with Gasteiger partial charge in [-0.25, -0.2) is 0 Å². The molecule has 0 radical (unpaired) electrons. The second-order valence-corrected chi connectivity index (χ2v) is 4.21. The zero-order chi connectivity index (χ0) is 11.9. The van der Waals surface area contributed by atoms with E-state index in [1.54, 1.807) is 12.1 Å². The van der Waals surface area contributed by atoms with Gasteiger partial charge < -0.3 is 9.47 Å². The molecule has 0 bridgehead atoms. The lowest BCUT2D eigenvalue weighted by Gasteiger charge is -2.34. The van der Waals surface area contributed by atoms with E-state index in [0.29, 0.717) is 18.9 Å². The third kappa shape index (κ3) is 1.47. The van der Waals surface area contributed by atoms with Crippen LogP contribution in [0.3, 0.4) is 0 Å². The van der Waals surface area contributed by atoms with Crippen LogP contribution < -0.4 is 5.48 Å². The number of ether oxygens (including phenoxy) is 2. The monoisotopic (exact) mass is 234 g/mol. The molecule has 2 heterocycles. The minimum absolute atomic E-state index is 0.603. The Kier molecular flexibility index (Phi) is 2.39. The molecular weight excluding hydrogens is 220 g/mol. The molecule has 1 aromatic rings. The standard InChI is InChI=1S/C12H14N2O3/c1-8-12(16-5-2-6-17-12)10-7-9(14-15)3-4-11(10)13-8/h3-4,7,14-15H,2,5-6H2,1H3. The smallest absolute Gasteiger partial charge is 0.237 e. The molecule has 17 heavy (non-hydrogen) atoms. The van der Waals surface area contributed by atoms with Crippen LogP contribution in [0.4, 0.5) is 11.4 Å². The summed E-state index contributed by atoms with van der Waals surface area (Å²) >= 11 is 0. The Labute approximate surface area is 99.0 Å². The van der Waals surface area contributed by atoms with Crippen molar-refractivity contribution < 1.29 is 14.7 Å². The molecule has 0 aliphatic carbocycles. The fraction of sp³-hybridized carbons (Fsp3) is 0.417. The molecule has 1 spiro atoms. The van der Waals surface area contributed by atoms with Gasteiger partial charge in [0.15, 0.2) is 0 Å². The number of benzene rings is 1. The van der Waals surface area contributed by atoms with Gasteiger partial charge in [-0.3, -0.25) is 15.7 Å². The van der Waals surface area contributed by atoms with Crippen LogP contribution in [-0.2, 0) is 15.3 Å². The molecule has 0 unspecified atom stereocenters. The highest BCUT2D eigenvalue weighted by Crippen LogP contribution is 2.44. The van der Waals surface area contributed by atoms with E-state index in [2.05, 4.69) is 10.5 Å². The summed E-state index contributed by atoms with van der Waals surface area (Å²) in [4.78, 5) is 4.46. The highest BCUT2D eigenvalue weighted by atomic mass is 16.7. The molecule has 90 valence electrons. The maximum Gasteiger partial charge on any atom is 0.237 e. The van der Waals surface area contributed by atoms with Crippen molar-refractivity contribution in [2.75, 3.05) is 18.7 Å². The predicted octanol–water partition coefficient (Wildman–Crippen LogP) is 2.18. The lowest BCUT2D eigenvalue weighted by molar-refractivity contribution is -0.228. The van der Waals surface area contributed by atoms with Gasteiger partial charge in [0.2, 0.25) is 5.79 Å². The van der Waals surface area contributed by atoms with Crippen molar-refractivity contribution >= 4 is 17.1 Å². The normalized spacial score (nSPS) is 21.2. The number of rotatable bonds is 1. The number of aliphatic imine (C=N–C) groups is 1. The first kappa shape index (κ1) is 10.7. The summed E-state index contributed by atoms with van der Waals surface area (Å²) in [6.07, 6.45) is 0.891. The van der Waals surface area contributed by atoms with Gasteiger partial charge in [0.1, 0.15) is 0 Å². The molecule has 2 aliphatic heterocycles. The SMILES string of the molecule is CC1=Nc2ccc(NO)cc2C12OCCCO2. The fourth-order valence-corrected chi connectivity index (χ4v) is 2.31. The number of fused-ring (bicyclic) bond motifs is 2. The van der Waals surface area contributed by atoms with Crippen molar-refractivity contribution in [2.45, 2.75) is 19.1 Å². The highest BCUT2D eigenvalue weighted by molar-refractivity contribution is 5.98. The third-order valence-corrected chi connectivity index (χ3v) is 3.14. The molecule has 1 saturated heterocycles. The zero-order valence-corrected chi connectivity index (χ0v) is 9.56. The van der Waals surface area contributed by atoms with E-state index in [-0.39, 0.29) is 0 Å². The van der Waals surface area contributed by atoms with Crippen LogP contribution in [0.2, 0.25) is 0 Å². The first-order chi connectivity index (χ1) is 8.26. The van der Waals surface area contributed by atoms with Crippen LogP contribution in [0.15, 0.2) is 23.2 Å². The van der Waals surface area contributed by atoms with E-state index in [9.17, 15) is 0 Å². The summed E-state index contributed by atoms with van der Waals surface area (Å²) in [6.45, 7) is 3.21. The second kappa shape index (κ2) is 3.80. The maximum absolute atomic E-state index is 8.95. The van der Waals surface area contributed by atoms with Gasteiger partial charge >= 0.3 is 0 Å². The van der Waals surface area contributed by atoms with Crippen molar-refractivity contribution in [2.24, 2.45) is 4.99 Å². The number of hydrogen-bond donors (Lipinski definition) is 2. The predicted molar refractivity (Wildman–Crippen MR) is 62.8 cm³/mol. The average Bonchev–Trinajstić information content (AvgIpc) is 2.63. The number of nitrogens with one attached hydrogen (secondary N) is 1. The minimum atomic E-state index is -0.847. The lowest BCUT2D eigenvalue weighted by Crippen LogP contribution is -2.42. The molecule has 5 nitrogen and oxygen atoms in total. The van der Waals surface area contributed by atoms with E-state index >= 15 is 0 Å². The van der Waals surface area contributed by atoms with Crippen molar-refractivity contribution in [3.63, 3.8) is 0 Å². The van der Waals surface area contributed by atoms with E-state index in [4.69, 9.17) is 14.7 Å². The van der Waals surface area contributed by atoms with E-state index in [1.807, 2.05) is 13.0 Å². The molecule has 0 aromatic heterocycles. The van der Waals surface area contributed by atoms with Crippen LogP contribution in [-0.4, -0.2) is 24.1 Å². The first-order valence-corrected chi connectivity index (χ1v) is 5.64. The van der Waals surface area contributed by atoms with Crippen molar-refractivity contribution in [1.29, 1.82) is 0 Å². The first-order valence-electron chi connectivity index (χ1n) is 5.64. The zero-order valence-electron chi connectivity index (χ0n) is 9.56. The maximum atomic E-state index is 8.95. The minimum Gasteiger partial charge on any atom is -0.341 e. The Balaban J connectivity index is 2.10. The van der Waals surface area contributed by atoms with E-state index in [1.165, 1.54) is 0 Å². The van der Waals surface area contributed by atoms with Crippen molar-refractivity contribution in [1.82, 2.24) is 0 Å². The van der Waals surface area contributed by atoms with Crippen LogP contribution in [0.5, 0.6) is 0 Å². The van der Waals surface area contributed by atoms with Crippen LogP contribution in [0, 0.1) is 0 Å². The van der Waals surface area contributed by atoms with Crippen LogP contribution in [0.25, 0.3) is 0 Å². The average molecular weight is 234 g/mol. The summed E-state index contributed by atoms with van der Waals surface area (Å²) in [5, 5.41) is 8.95. The summed E-state index contributed by atoms with van der Waals surface area (Å²) in [7, 11) is 0. The molecule has 1 aromatic carbocycles.